The zero-order valence-corrected chi connectivity index (χ0v) is 11.6. The predicted octanol–water partition coefficient (Wildman–Crippen LogP) is 3.96. The molecular formula is C11H10Br2N2. The summed E-state index contributed by atoms with van der Waals surface area (Å²) in [6, 6.07) is 4.04. The minimum absolute atomic E-state index is 0.752. The molecule has 0 bridgehead atoms. The molecular weight excluding hydrogens is 320 g/mol. The molecule has 0 aliphatic heterocycles. The fourth-order valence-corrected chi connectivity index (χ4v) is 2.49. The number of aromatic nitrogens is 1. The van der Waals surface area contributed by atoms with Gasteiger partial charge in [-0.2, -0.15) is 0 Å². The van der Waals surface area contributed by atoms with Gasteiger partial charge in [-0.1, -0.05) is 15.9 Å². The molecule has 0 spiro atoms. The zero-order valence-electron chi connectivity index (χ0n) is 8.44. The number of anilines is 1. The van der Waals surface area contributed by atoms with Crippen LogP contribution in [0, 0.1) is 13.8 Å². The van der Waals surface area contributed by atoms with E-state index in [2.05, 4.69) is 36.8 Å². The van der Waals surface area contributed by atoms with Crippen LogP contribution in [0.4, 0.5) is 5.69 Å². The zero-order chi connectivity index (χ0) is 11.2. The Bertz CT molecular complexity index is 550. The Morgan fingerprint density at radius 3 is 2.53 bits per heavy atom. The van der Waals surface area contributed by atoms with Crippen molar-refractivity contribution in [1.82, 2.24) is 4.98 Å². The molecule has 2 aromatic rings. The number of nitrogens with zero attached hydrogens (tertiary/aromatic N) is 1. The number of fused-ring (bicyclic) bond motifs is 1. The lowest BCUT2D eigenvalue weighted by Gasteiger charge is -2.09. The topological polar surface area (TPSA) is 38.9 Å². The predicted molar refractivity (Wildman–Crippen MR) is 71.0 cm³/mol. The summed E-state index contributed by atoms with van der Waals surface area (Å²) in [6.07, 6.45) is 0. The van der Waals surface area contributed by atoms with Gasteiger partial charge in [0.05, 0.1) is 21.4 Å². The maximum Gasteiger partial charge on any atom is 0.0756 e. The molecule has 0 saturated heterocycles. The van der Waals surface area contributed by atoms with Crippen molar-refractivity contribution in [2.24, 2.45) is 0 Å². The molecule has 0 radical (unpaired) electrons. The van der Waals surface area contributed by atoms with Gasteiger partial charge in [0.15, 0.2) is 0 Å². The molecule has 1 aromatic carbocycles. The Morgan fingerprint density at radius 2 is 1.87 bits per heavy atom. The van der Waals surface area contributed by atoms with Crippen LogP contribution in [0.5, 0.6) is 0 Å². The Hall–Kier alpha value is -0.610. The number of hydrogen-bond donors (Lipinski definition) is 1. The number of nitrogens with two attached hydrogens (primary N) is 1. The van der Waals surface area contributed by atoms with E-state index in [9.17, 15) is 0 Å². The van der Waals surface area contributed by atoms with Crippen LogP contribution in [0.2, 0.25) is 0 Å². The van der Waals surface area contributed by atoms with E-state index in [1.807, 2.05) is 26.0 Å². The van der Waals surface area contributed by atoms with Crippen LogP contribution in [0.3, 0.4) is 0 Å². The third-order valence-corrected chi connectivity index (χ3v) is 3.85. The van der Waals surface area contributed by atoms with Gasteiger partial charge in [0.1, 0.15) is 0 Å². The summed E-state index contributed by atoms with van der Waals surface area (Å²) in [5, 5.41) is 0.986. The summed E-state index contributed by atoms with van der Waals surface area (Å²) in [7, 11) is 0. The Balaban J connectivity index is 2.98. The van der Waals surface area contributed by atoms with Gasteiger partial charge in [0.25, 0.3) is 0 Å². The molecule has 78 valence electrons. The highest BCUT2D eigenvalue weighted by Crippen LogP contribution is 2.33. The van der Waals surface area contributed by atoms with Gasteiger partial charge in [0.2, 0.25) is 0 Å². The van der Waals surface area contributed by atoms with Crippen molar-refractivity contribution in [2.45, 2.75) is 13.8 Å². The van der Waals surface area contributed by atoms with Crippen LogP contribution in [-0.2, 0) is 0 Å². The first-order valence-corrected chi connectivity index (χ1v) is 6.10. The summed E-state index contributed by atoms with van der Waals surface area (Å²) >= 11 is 6.91. The molecule has 0 amide bonds. The maximum absolute atomic E-state index is 6.05. The van der Waals surface area contributed by atoms with Crippen molar-refractivity contribution in [3.05, 3.63) is 32.3 Å². The molecule has 0 aliphatic carbocycles. The highest BCUT2D eigenvalue weighted by Gasteiger charge is 2.09. The molecule has 2 nitrogen and oxygen atoms in total. The van der Waals surface area contributed by atoms with E-state index < -0.39 is 0 Å². The Morgan fingerprint density at radius 1 is 1.20 bits per heavy atom. The standard InChI is InChI=1S/C11H10Br2N2/c1-5-3-7(12)4-8-10(14)9(13)6(2)15-11(5)8/h3-4H,1-2H3,(H2,14,15). The van der Waals surface area contributed by atoms with Crippen molar-refractivity contribution < 1.29 is 0 Å². The highest BCUT2D eigenvalue weighted by atomic mass is 79.9. The van der Waals surface area contributed by atoms with Crippen LogP contribution in [-0.4, -0.2) is 4.98 Å². The van der Waals surface area contributed by atoms with Crippen LogP contribution < -0.4 is 5.73 Å². The molecule has 4 heteroatoms. The number of nitrogen functional groups attached to an aromatic ring is 1. The maximum atomic E-state index is 6.05. The smallest absolute Gasteiger partial charge is 0.0756 e. The second-order valence-electron chi connectivity index (χ2n) is 3.54. The van der Waals surface area contributed by atoms with Crippen molar-refractivity contribution in [3.63, 3.8) is 0 Å². The molecule has 1 aromatic heterocycles. The largest absolute Gasteiger partial charge is 0.397 e. The average Bonchev–Trinajstić information content (AvgIpc) is 2.17. The summed E-state index contributed by atoms with van der Waals surface area (Å²) < 4.78 is 1.91. The quantitative estimate of drug-likeness (QED) is 0.794. The number of hydrogen-bond acceptors (Lipinski definition) is 2. The first kappa shape index (κ1) is 10.9. The Kier molecular flexibility index (Phi) is 2.73. The lowest BCUT2D eigenvalue weighted by Crippen LogP contribution is -1.96. The third kappa shape index (κ3) is 1.76. The van der Waals surface area contributed by atoms with Gasteiger partial charge in [-0.25, -0.2) is 0 Å². The first-order chi connectivity index (χ1) is 7.00. The summed E-state index contributed by atoms with van der Waals surface area (Å²) in [5.41, 5.74) is 9.82. The molecule has 0 aliphatic rings. The van der Waals surface area contributed by atoms with Crippen molar-refractivity contribution in [2.75, 3.05) is 5.73 Å². The van der Waals surface area contributed by atoms with E-state index in [-0.39, 0.29) is 0 Å². The van der Waals surface area contributed by atoms with E-state index >= 15 is 0 Å². The van der Waals surface area contributed by atoms with Gasteiger partial charge < -0.3 is 5.73 Å². The average molecular weight is 330 g/mol. The summed E-state index contributed by atoms with van der Waals surface area (Å²) in [4.78, 5) is 4.53. The normalized spacial score (nSPS) is 10.9. The molecule has 2 rings (SSSR count). The second-order valence-corrected chi connectivity index (χ2v) is 5.25. The number of halogens is 2. The van der Waals surface area contributed by atoms with E-state index in [1.165, 1.54) is 0 Å². The molecule has 1 heterocycles. The van der Waals surface area contributed by atoms with E-state index in [4.69, 9.17) is 5.73 Å². The highest BCUT2D eigenvalue weighted by molar-refractivity contribution is 9.11. The van der Waals surface area contributed by atoms with E-state index in [0.29, 0.717) is 0 Å². The molecule has 2 N–H and O–H groups in total. The molecule has 0 unspecified atom stereocenters. The number of benzene rings is 1. The number of pyridine rings is 1. The fourth-order valence-electron chi connectivity index (χ4n) is 1.62. The molecule has 0 atom stereocenters. The van der Waals surface area contributed by atoms with E-state index in [0.717, 1.165) is 36.8 Å². The second kappa shape index (κ2) is 3.76. The third-order valence-electron chi connectivity index (χ3n) is 2.39. The monoisotopic (exact) mass is 328 g/mol. The fraction of sp³-hybridized carbons (Fsp3) is 0.182. The molecule has 15 heavy (non-hydrogen) atoms. The van der Waals surface area contributed by atoms with Gasteiger partial charge in [0, 0.05) is 9.86 Å². The summed E-state index contributed by atoms with van der Waals surface area (Å²) in [5.74, 6) is 0. The van der Waals surface area contributed by atoms with Gasteiger partial charge >= 0.3 is 0 Å². The molecule has 0 fully saturated rings. The lowest BCUT2D eigenvalue weighted by molar-refractivity contribution is 1.22. The van der Waals surface area contributed by atoms with Crippen LogP contribution >= 0.6 is 31.9 Å². The van der Waals surface area contributed by atoms with Crippen molar-refractivity contribution in [1.29, 1.82) is 0 Å². The number of aryl methyl sites for hydroxylation is 2. The van der Waals surface area contributed by atoms with Crippen LogP contribution in [0.15, 0.2) is 21.1 Å². The van der Waals surface area contributed by atoms with Gasteiger partial charge in [-0.3, -0.25) is 4.98 Å². The lowest BCUT2D eigenvalue weighted by atomic mass is 10.1. The molecule has 0 saturated carbocycles. The minimum atomic E-state index is 0.752. The minimum Gasteiger partial charge on any atom is -0.397 e. The first-order valence-electron chi connectivity index (χ1n) is 4.52. The number of rotatable bonds is 0. The van der Waals surface area contributed by atoms with Crippen molar-refractivity contribution >= 4 is 48.5 Å². The van der Waals surface area contributed by atoms with Gasteiger partial charge in [-0.05, 0) is 47.5 Å². The van der Waals surface area contributed by atoms with Crippen LogP contribution in [0.1, 0.15) is 11.3 Å². The SMILES string of the molecule is Cc1nc2c(C)cc(Br)cc2c(N)c1Br. The van der Waals surface area contributed by atoms with E-state index in [1.54, 1.807) is 0 Å². The van der Waals surface area contributed by atoms with Crippen LogP contribution in [0.25, 0.3) is 10.9 Å². The van der Waals surface area contributed by atoms with Gasteiger partial charge in [-0.15, -0.1) is 0 Å². The Labute approximate surface area is 105 Å². The van der Waals surface area contributed by atoms with Crippen molar-refractivity contribution in [3.8, 4) is 0 Å². The summed E-state index contributed by atoms with van der Waals surface area (Å²) in [6.45, 7) is 3.98.